The summed E-state index contributed by atoms with van der Waals surface area (Å²) in [4.78, 5) is 25.2. The van der Waals surface area contributed by atoms with Crippen molar-refractivity contribution in [3.63, 3.8) is 0 Å². The van der Waals surface area contributed by atoms with Crippen molar-refractivity contribution in [3.8, 4) is 0 Å². The molecule has 0 spiro atoms. The molecule has 114 valence electrons. The zero-order valence-electron chi connectivity index (χ0n) is 11.9. The first-order chi connectivity index (χ1) is 10.1. The van der Waals surface area contributed by atoms with Crippen molar-refractivity contribution in [2.75, 3.05) is 26.0 Å². The molecule has 21 heavy (non-hydrogen) atoms. The van der Waals surface area contributed by atoms with Crippen LogP contribution >= 0.6 is 11.8 Å². The second-order valence-electron chi connectivity index (χ2n) is 4.96. The van der Waals surface area contributed by atoms with Crippen molar-refractivity contribution in [2.45, 2.75) is 18.2 Å². The summed E-state index contributed by atoms with van der Waals surface area (Å²) in [5.74, 6) is -0.185. The number of rotatable bonds is 5. The van der Waals surface area contributed by atoms with E-state index in [1.807, 2.05) is 24.5 Å². The molecule has 1 saturated heterocycles. The number of carboxylic acids is 1. The second-order valence-corrected chi connectivity index (χ2v) is 5.82. The summed E-state index contributed by atoms with van der Waals surface area (Å²) in [5, 5.41) is 8.95. The molecule has 1 unspecified atom stereocenters. The van der Waals surface area contributed by atoms with Crippen LogP contribution in [0.2, 0.25) is 0 Å². The van der Waals surface area contributed by atoms with Crippen LogP contribution in [0.15, 0.2) is 24.3 Å². The van der Waals surface area contributed by atoms with E-state index < -0.39 is 12.0 Å². The Morgan fingerprint density at radius 2 is 2.29 bits per heavy atom. The van der Waals surface area contributed by atoms with Crippen LogP contribution in [-0.4, -0.2) is 53.9 Å². The van der Waals surface area contributed by atoms with Crippen LogP contribution in [0.3, 0.4) is 0 Å². The van der Waals surface area contributed by atoms with E-state index in [0.29, 0.717) is 18.7 Å². The van der Waals surface area contributed by atoms with Crippen LogP contribution in [0.25, 0.3) is 0 Å². The number of hydrogen-bond acceptors (Lipinski definition) is 4. The van der Waals surface area contributed by atoms with E-state index in [1.165, 1.54) is 0 Å². The summed E-state index contributed by atoms with van der Waals surface area (Å²) < 4.78 is 5.30. The fourth-order valence-corrected chi connectivity index (χ4v) is 2.93. The van der Waals surface area contributed by atoms with Gasteiger partial charge in [-0.05, 0) is 24.0 Å². The molecule has 1 heterocycles. The Labute approximate surface area is 128 Å². The zero-order chi connectivity index (χ0) is 15.2. The first-order valence-corrected chi connectivity index (χ1v) is 8.19. The van der Waals surface area contributed by atoms with Gasteiger partial charge in [-0.1, -0.05) is 12.1 Å². The third-order valence-electron chi connectivity index (χ3n) is 3.38. The van der Waals surface area contributed by atoms with Crippen LogP contribution in [0, 0.1) is 0 Å². The molecule has 1 aliphatic rings. The van der Waals surface area contributed by atoms with Gasteiger partial charge < -0.3 is 14.7 Å². The number of amides is 1. The number of ether oxygens (including phenoxy) is 1. The molecular formula is C15H19NO4S. The number of carbonyl (C=O) groups excluding carboxylic acids is 1. The highest BCUT2D eigenvalue weighted by atomic mass is 32.2. The molecule has 0 aliphatic carbocycles. The van der Waals surface area contributed by atoms with E-state index in [9.17, 15) is 9.59 Å². The second kappa shape index (κ2) is 7.47. The molecule has 1 atom stereocenters. The average molecular weight is 309 g/mol. The van der Waals surface area contributed by atoms with Gasteiger partial charge in [0.25, 0.3) is 5.91 Å². The van der Waals surface area contributed by atoms with Gasteiger partial charge in [0, 0.05) is 17.9 Å². The minimum Gasteiger partial charge on any atom is -0.481 e. The number of thioether (sulfide) groups is 1. The third kappa shape index (κ3) is 4.22. The fraction of sp³-hybridized carbons (Fsp3) is 0.467. The maximum atomic E-state index is 12.6. The molecule has 1 fully saturated rings. The minimum atomic E-state index is -0.917. The van der Waals surface area contributed by atoms with Crippen molar-refractivity contribution >= 4 is 23.6 Å². The predicted molar refractivity (Wildman–Crippen MR) is 81.6 cm³/mol. The SMILES string of the molecule is CSCc1cccc(C(=O)N2CCOCC2CC(=O)O)c1. The Hall–Kier alpha value is -1.53. The highest BCUT2D eigenvalue weighted by Crippen LogP contribution is 2.17. The maximum Gasteiger partial charge on any atom is 0.305 e. The molecular weight excluding hydrogens is 290 g/mol. The molecule has 1 amide bonds. The number of carbonyl (C=O) groups is 2. The van der Waals surface area contributed by atoms with Gasteiger partial charge in [0.15, 0.2) is 0 Å². The summed E-state index contributed by atoms with van der Waals surface area (Å²) in [6.07, 6.45) is 1.93. The largest absolute Gasteiger partial charge is 0.481 e. The Bertz CT molecular complexity index is 520. The Morgan fingerprint density at radius 1 is 1.48 bits per heavy atom. The highest BCUT2D eigenvalue weighted by Gasteiger charge is 2.29. The lowest BCUT2D eigenvalue weighted by Gasteiger charge is -2.35. The average Bonchev–Trinajstić information content (AvgIpc) is 2.47. The first kappa shape index (κ1) is 15.9. The highest BCUT2D eigenvalue weighted by molar-refractivity contribution is 7.97. The Morgan fingerprint density at radius 3 is 3.00 bits per heavy atom. The van der Waals surface area contributed by atoms with Crippen LogP contribution in [-0.2, 0) is 15.3 Å². The predicted octanol–water partition coefficient (Wildman–Crippen LogP) is 1.87. The quantitative estimate of drug-likeness (QED) is 0.899. The van der Waals surface area contributed by atoms with Crippen molar-refractivity contribution in [1.29, 1.82) is 0 Å². The lowest BCUT2D eigenvalue weighted by Crippen LogP contribution is -2.49. The summed E-state index contributed by atoms with van der Waals surface area (Å²) in [5.41, 5.74) is 1.70. The van der Waals surface area contributed by atoms with Crippen molar-refractivity contribution in [3.05, 3.63) is 35.4 Å². The van der Waals surface area contributed by atoms with E-state index in [4.69, 9.17) is 9.84 Å². The lowest BCUT2D eigenvalue weighted by molar-refractivity contribution is -0.139. The molecule has 1 aliphatic heterocycles. The van der Waals surface area contributed by atoms with Gasteiger partial charge in [0.05, 0.1) is 25.7 Å². The molecule has 0 aromatic heterocycles. The first-order valence-electron chi connectivity index (χ1n) is 6.80. The van der Waals surface area contributed by atoms with E-state index in [2.05, 4.69) is 0 Å². The van der Waals surface area contributed by atoms with Gasteiger partial charge in [-0.15, -0.1) is 0 Å². The minimum absolute atomic E-state index is 0.0871. The van der Waals surface area contributed by atoms with Crippen LogP contribution in [0.5, 0.6) is 0 Å². The van der Waals surface area contributed by atoms with Gasteiger partial charge in [0.2, 0.25) is 0 Å². The number of benzene rings is 1. The fourth-order valence-electron chi connectivity index (χ4n) is 2.42. The number of hydrogen-bond donors (Lipinski definition) is 1. The number of carboxylic acid groups (broad SMARTS) is 1. The molecule has 2 rings (SSSR count). The molecule has 0 bridgehead atoms. The van der Waals surface area contributed by atoms with Crippen molar-refractivity contribution in [2.24, 2.45) is 0 Å². The normalized spacial score (nSPS) is 18.5. The van der Waals surface area contributed by atoms with Crippen LogP contribution in [0.4, 0.5) is 0 Å². The van der Waals surface area contributed by atoms with E-state index >= 15 is 0 Å². The zero-order valence-corrected chi connectivity index (χ0v) is 12.8. The van der Waals surface area contributed by atoms with Gasteiger partial charge >= 0.3 is 5.97 Å². The lowest BCUT2D eigenvalue weighted by atomic mass is 10.1. The van der Waals surface area contributed by atoms with Gasteiger partial charge in [-0.3, -0.25) is 9.59 Å². The molecule has 6 heteroatoms. The van der Waals surface area contributed by atoms with Crippen LogP contribution < -0.4 is 0 Å². The van der Waals surface area contributed by atoms with Gasteiger partial charge in [-0.2, -0.15) is 11.8 Å². The topological polar surface area (TPSA) is 66.8 Å². The van der Waals surface area contributed by atoms with E-state index in [-0.39, 0.29) is 18.9 Å². The maximum absolute atomic E-state index is 12.6. The Kier molecular flexibility index (Phi) is 5.64. The molecule has 5 nitrogen and oxygen atoms in total. The standard InChI is InChI=1S/C15H19NO4S/c1-21-10-11-3-2-4-12(7-11)15(19)16-5-6-20-9-13(16)8-14(17)18/h2-4,7,13H,5-6,8-10H2,1H3,(H,17,18). The third-order valence-corrected chi connectivity index (χ3v) is 4.01. The number of nitrogens with zero attached hydrogens (tertiary/aromatic N) is 1. The molecule has 1 N–H and O–H groups in total. The van der Waals surface area contributed by atoms with E-state index in [0.717, 1.165) is 11.3 Å². The monoisotopic (exact) mass is 309 g/mol. The summed E-state index contributed by atoms with van der Waals surface area (Å²) >= 11 is 1.70. The van der Waals surface area contributed by atoms with Gasteiger partial charge in [-0.25, -0.2) is 0 Å². The number of morpholine rings is 1. The summed E-state index contributed by atoms with van der Waals surface area (Å²) in [6.45, 7) is 1.17. The van der Waals surface area contributed by atoms with E-state index in [1.54, 1.807) is 22.7 Å². The van der Waals surface area contributed by atoms with Crippen molar-refractivity contribution < 1.29 is 19.4 Å². The van der Waals surface area contributed by atoms with Gasteiger partial charge in [0.1, 0.15) is 0 Å². The molecule has 0 saturated carbocycles. The molecule has 1 aromatic carbocycles. The van der Waals surface area contributed by atoms with Crippen LogP contribution in [0.1, 0.15) is 22.3 Å². The summed E-state index contributed by atoms with van der Waals surface area (Å²) in [7, 11) is 0. The molecule has 0 radical (unpaired) electrons. The summed E-state index contributed by atoms with van der Waals surface area (Å²) in [6, 6.07) is 7.12. The smallest absolute Gasteiger partial charge is 0.305 e. The Balaban J connectivity index is 2.16. The number of aliphatic carboxylic acids is 1. The van der Waals surface area contributed by atoms with Crippen molar-refractivity contribution in [1.82, 2.24) is 4.90 Å². The molecule has 1 aromatic rings.